The van der Waals surface area contributed by atoms with Crippen LogP contribution in [-0.2, 0) is 16.1 Å². The summed E-state index contributed by atoms with van der Waals surface area (Å²) in [6, 6.07) is 12.2. The molecule has 0 spiro atoms. The minimum atomic E-state index is -0.330. The van der Waals surface area contributed by atoms with Gasteiger partial charge in [0.25, 0.3) is 0 Å². The Bertz CT molecular complexity index is 781. The fourth-order valence-electron chi connectivity index (χ4n) is 2.27. The smallest absolute Gasteiger partial charge is 0.244 e. The zero-order valence-corrected chi connectivity index (χ0v) is 15.4. The highest BCUT2D eigenvalue weighted by atomic mass is 35.5. The second-order valence-corrected chi connectivity index (χ2v) is 6.18. The van der Waals surface area contributed by atoms with E-state index in [9.17, 15) is 9.59 Å². The van der Waals surface area contributed by atoms with E-state index in [2.05, 4.69) is 5.32 Å². The molecular formula is C18H18Cl2N2O3. The molecule has 0 saturated heterocycles. The van der Waals surface area contributed by atoms with Crippen LogP contribution < -0.4 is 10.1 Å². The van der Waals surface area contributed by atoms with Crippen LogP contribution in [0.3, 0.4) is 0 Å². The first-order chi connectivity index (χ1) is 11.9. The monoisotopic (exact) mass is 380 g/mol. The molecule has 2 aromatic carbocycles. The molecule has 2 rings (SSSR count). The van der Waals surface area contributed by atoms with Crippen molar-refractivity contribution in [3.8, 4) is 5.75 Å². The summed E-state index contributed by atoms with van der Waals surface area (Å²) in [5.41, 5.74) is 1.34. The summed E-state index contributed by atoms with van der Waals surface area (Å²) in [7, 11) is 1.56. The van der Waals surface area contributed by atoms with Crippen LogP contribution in [0.2, 0.25) is 10.0 Å². The molecule has 0 heterocycles. The molecule has 0 bridgehead atoms. The van der Waals surface area contributed by atoms with E-state index in [0.717, 1.165) is 5.56 Å². The van der Waals surface area contributed by atoms with Crippen molar-refractivity contribution in [3.63, 3.8) is 0 Å². The van der Waals surface area contributed by atoms with Crippen LogP contribution >= 0.6 is 23.2 Å². The highest BCUT2D eigenvalue weighted by molar-refractivity contribution is 6.42. The molecular weight excluding hydrogens is 363 g/mol. The lowest BCUT2D eigenvalue weighted by molar-refractivity contribution is -0.133. The van der Waals surface area contributed by atoms with Gasteiger partial charge >= 0.3 is 0 Å². The normalized spacial score (nSPS) is 10.2. The van der Waals surface area contributed by atoms with Gasteiger partial charge in [0.05, 0.1) is 17.2 Å². The van der Waals surface area contributed by atoms with Crippen LogP contribution in [0.4, 0.5) is 5.69 Å². The van der Waals surface area contributed by atoms with Gasteiger partial charge in [0, 0.05) is 24.7 Å². The van der Waals surface area contributed by atoms with Gasteiger partial charge in [0.2, 0.25) is 11.8 Å². The molecule has 0 aromatic heterocycles. The van der Waals surface area contributed by atoms with Gasteiger partial charge in [-0.1, -0.05) is 41.4 Å². The summed E-state index contributed by atoms with van der Waals surface area (Å²) in [6.45, 7) is 1.60. The molecule has 1 N–H and O–H groups in total. The number of anilines is 1. The van der Waals surface area contributed by atoms with Crippen LogP contribution in [0.5, 0.6) is 5.75 Å². The predicted octanol–water partition coefficient (Wildman–Crippen LogP) is 3.99. The lowest BCUT2D eigenvalue weighted by atomic mass is 10.2. The van der Waals surface area contributed by atoms with Crippen molar-refractivity contribution in [1.82, 2.24) is 4.90 Å². The number of ether oxygens (including phenoxy) is 1. The summed E-state index contributed by atoms with van der Waals surface area (Å²) >= 11 is 11.8. The van der Waals surface area contributed by atoms with Crippen molar-refractivity contribution >= 4 is 40.7 Å². The zero-order chi connectivity index (χ0) is 18.4. The van der Waals surface area contributed by atoms with Crippen molar-refractivity contribution in [1.29, 1.82) is 0 Å². The Hall–Kier alpha value is -2.24. The average Bonchev–Trinajstić information content (AvgIpc) is 2.58. The van der Waals surface area contributed by atoms with Gasteiger partial charge in [-0.15, -0.1) is 0 Å². The van der Waals surface area contributed by atoms with Crippen LogP contribution in [0.25, 0.3) is 0 Å². The van der Waals surface area contributed by atoms with Gasteiger partial charge in [0.1, 0.15) is 12.3 Å². The molecule has 0 atom stereocenters. The number of amides is 2. The molecule has 0 fully saturated rings. The first-order valence-electron chi connectivity index (χ1n) is 7.53. The van der Waals surface area contributed by atoms with E-state index in [4.69, 9.17) is 27.9 Å². The quantitative estimate of drug-likeness (QED) is 0.823. The van der Waals surface area contributed by atoms with Crippen molar-refractivity contribution in [3.05, 3.63) is 58.1 Å². The molecule has 7 heteroatoms. The van der Waals surface area contributed by atoms with Gasteiger partial charge in [-0.25, -0.2) is 0 Å². The van der Waals surface area contributed by atoms with Crippen LogP contribution in [-0.4, -0.2) is 30.4 Å². The molecule has 0 radical (unpaired) electrons. The standard InChI is InChI=1S/C18H18Cl2N2O3/c1-12(23)22(10-13-5-3-4-6-17(13)25-2)11-18(24)21-14-7-8-15(19)16(20)9-14/h3-9H,10-11H2,1-2H3,(H,21,24). The van der Waals surface area contributed by atoms with E-state index in [-0.39, 0.29) is 24.9 Å². The third kappa shape index (κ3) is 5.37. The number of carbonyl (C=O) groups excluding carboxylic acids is 2. The van der Waals surface area contributed by atoms with E-state index >= 15 is 0 Å². The van der Waals surface area contributed by atoms with Crippen molar-refractivity contribution in [2.45, 2.75) is 13.5 Å². The minimum absolute atomic E-state index is 0.0897. The number of benzene rings is 2. The largest absolute Gasteiger partial charge is 0.496 e. The summed E-state index contributed by atoms with van der Waals surface area (Å²) in [5, 5.41) is 3.45. The van der Waals surface area contributed by atoms with Crippen LogP contribution in [0.1, 0.15) is 12.5 Å². The Balaban J connectivity index is 2.06. The molecule has 5 nitrogen and oxygen atoms in total. The molecule has 2 aromatic rings. The van der Waals surface area contributed by atoms with E-state index < -0.39 is 0 Å². The highest BCUT2D eigenvalue weighted by Crippen LogP contribution is 2.25. The van der Waals surface area contributed by atoms with E-state index in [1.165, 1.54) is 11.8 Å². The number of para-hydroxylation sites is 1. The number of methoxy groups -OCH3 is 1. The van der Waals surface area contributed by atoms with Gasteiger partial charge in [-0.2, -0.15) is 0 Å². The topological polar surface area (TPSA) is 58.6 Å². The third-order valence-corrected chi connectivity index (χ3v) is 4.28. The fourth-order valence-corrected chi connectivity index (χ4v) is 2.56. The predicted molar refractivity (Wildman–Crippen MR) is 99.2 cm³/mol. The molecule has 0 aliphatic carbocycles. The summed E-state index contributed by atoms with van der Waals surface area (Å²) in [5.74, 6) is 0.123. The minimum Gasteiger partial charge on any atom is -0.496 e. The first-order valence-corrected chi connectivity index (χ1v) is 8.28. The Morgan fingerprint density at radius 1 is 1.12 bits per heavy atom. The van der Waals surface area contributed by atoms with Crippen molar-refractivity contribution in [2.24, 2.45) is 0 Å². The summed E-state index contributed by atoms with van der Waals surface area (Å²) < 4.78 is 5.29. The number of halogens is 2. The molecule has 0 unspecified atom stereocenters. The van der Waals surface area contributed by atoms with E-state index in [0.29, 0.717) is 21.5 Å². The Morgan fingerprint density at radius 2 is 1.84 bits per heavy atom. The zero-order valence-electron chi connectivity index (χ0n) is 13.9. The third-order valence-electron chi connectivity index (χ3n) is 3.54. The second kappa shape index (κ2) is 8.74. The van der Waals surface area contributed by atoms with Gasteiger partial charge < -0.3 is 15.0 Å². The van der Waals surface area contributed by atoms with Crippen molar-refractivity contribution < 1.29 is 14.3 Å². The Labute approximate surface area is 156 Å². The molecule has 0 saturated carbocycles. The fraction of sp³-hybridized carbons (Fsp3) is 0.222. The molecule has 132 valence electrons. The lowest BCUT2D eigenvalue weighted by Crippen LogP contribution is -2.36. The number of carbonyl (C=O) groups is 2. The highest BCUT2D eigenvalue weighted by Gasteiger charge is 2.16. The van der Waals surface area contributed by atoms with E-state index in [1.807, 2.05) is 24.3 Å². The molecule has 0 aliphatic rings. The van der Waals surface area contributed by atoms with Crippen LogP contribution in [0, 0.1) is 0 Å². The van der Waals surface area contributed by atoms with Gasteiger partial charge in [0.15, 0.2) is 0 Å². The average molecular weight is 381 g/mol. The first kappa shape index (κ1) is 19.1. The molecule has 2 amide bonds. The lowest BCUT2D eigenvalue weighted by Gasteiger charge is -2.21. The number of rotatable bonds is 6. The number of nitrogens with one attached hydrogen (secondary N) is 1. The Morgan fingerprint density at radius 3 is 2.48 bits per heavy atom. The number of hydrogen-bond donors (Lipinski definition) is 1. The number of nitrogens with zero attached hydrogens (tertiary/aromatic N) is 1. The number of hydrogen-bond acceptors (Lipinski definition) is 3. The molecule has 25 heavy (non-hydrogen) atoms. The summed E-state index contributed by atoms with van der Waals surface area (Å²) in [4.78, 5) is 25.6. The van der Waals surface area contributed by atoms with Crippen LogP contribution in [0.15, 0.2) is 42.5 Å². The maximum atomic E-state index is 12.3. The second-order valence-electron chi connectivity index (χ2n) is 5.36. The maximum absolute atomic E-state index is 12.3. The molecule has 0 aliphatic heterocycles. The van der Waals surface area contributed by atoms with Gasteiger partial charge in [-0.3, -0.25) is 9.59 Å². The van der Waals surface area contributed by atoms with Gasteiger partial charge in [-0.05, 0) is 24.3 Å². The summed E-state index contributed by atoms with van der Waals surface area (Å²) in [6.07, 6.45) is 0. The Kier molecular flexibility index (Phi) is 6.67. The SMILES string of the molecule is COc1ccccc1CN(CC(=O)Nc1ccc(Cl)c(Cl)c1)C(C)=O. The van der Waals surface area contributed by atoms with Crippen molar-refractivity contribution in [2.75, 3.05) is 19.0 Å². The van der Waals surface area contributed by atoms with E-state index in [1.54, 1.807) is 25.3 Å². The maximum Gasteiger partial charge on any atom is 0.244 e.